The SMILES string of the molecule is CC(C)C1CCC(CCOC2CCN(C(C)C)CC2)CC1. The topological polar surface area (TPSA) is 12.5 Å². The number of nitrogens with zero attached hydrogens (tertiary/aromatic N) is 1. The summed E-state index contributed by atoms with van der Waals surface area (Å²) in [4.78, 5) is 2.58. The number of hydrogen-bond acceptors (Lipinski definition) is 2. The molecule has 0 aromatic heterocycles. The van der Waals surface area contributed by atoms with Crippen LogP contribution >= 0.6 is 0 Å². The number of hydrogen-bond donors (Lipinski definition) is 0. The zero-order valence-electron chi connectivity index (χ0n) is 14.8. The summed E-state index contributed by atoms with van der Waals surface area (Å²) in [5.74, 6) is 2.81. The lowest BCUT2D eigenvalue weighted by molar-refractivity contribution is -0.00611. The van der Waals surface area contributed by atoms with E-state index in [0.717, 1.165) is 24.4 Å². The van der Waals surface area contributed by atoms with Gasteiger partial charge in [0.05, 0.1) is 6.10 Å². The van der Waals surface area contributed by atoms with Crippen LogP contribution in [0, 0.1) is 17.8 Å². The summed E-state index contributed by atoms with van der Waals surface area (Å²) in [6, 6.07) is 0.696. The Bertz CT molecular complexity index is 245. The summed E-state index contributed by atoms with van der Waals surface area (Å²) in [7, 11) is 0. The van der Waals surface area contributed by atoms with Gasteiger partial charge in [-0.15, -0.1) is 0 Å². The van der Waals surface area contributed by atoms with E-state index >= 15 is 0 Å². The zero-order chi connectivity index (χ0) is 15.2. The normalized spacial score (nSPS) is 29.4. The van der Waals surface area contributed by atoms with Gasteiger partial charge in [0.25, 0.3) is 0 Å². The highest BCUT2D eigenvalue weighted by Crippen LogP contribution is 2.34. The molecule has 0 radical (unpaired) electrons. The average Bonchev–Trinajstić information content (AvgIpc) is 2.48. The Kier molecular flexibility index (Phi) is 7.01. The predicted molar refractivity (Wildman–Crippen MR) is 90.6 cm³/mol. The van der Waals surface area contributed by atoms with Crippen LogP contribution in [0.1, 0.15) is 72.6 Å². The molecule has 0 unspecified atom stereocenters. The Morgan fingerprint density at radius 2 is 1.52 bits per heavy atom. The van der Waals surface area contributed by atoms with Gasteiger partial charge in [0.2, 0.25) is 0 Å². The first-order valence-corrected chi connectivity index (χ1v) is 9.42. The van der Waals surface area contributed by atoms with E-state index in [4.69, 9.17) is 4.74 Å². The van der Waals surface area contributed by atoms with Crippen molar-refractivity contribution in [2.75, 3.05) is 19.7 Å². The molecule has 2 aliphatic rings. The second kappa shape index (κ2) is 8.53. The van der Waals surface area contributed by atoms with Gasteiger partial charge in [0.15, 0.2) is 0 Å². The molecule has 1 heterocycles. The van der Waals surface area contributed by atoms with Crippen molar-refractivity contribution in [1.82, 2.24) is 4.90 Å². The molecule has 21 heavy (non-hydrogen) atoms. The fraction of sp³-hybridized carbons (Fsp3) is 1.00. The second-order valence-electron chi connectivity index (χ2n) is 8.01. The van der Waals surface area contributed by atoms with Crippen molar-refractivity contribution in [3.05, 3.63) is 0 Å². The van der Waals surface area contributed by atoms with Gasteiger partial charge in [-0.05, 0) is 63.7 Å². The Hall–Kier alpha value is -0.0800. The van der Waals surface area contributed by atoms with Crippen molar-refractivity contribution in [3.63, 3.8) is 0 Å². The summed E-state index contributed by atoms with van der Waals surface area (Å²) < 4.78 is 6.16. The molecule has 2 heteroatoms. The van der Waals surface area contributed by atoms with Gasteiger partial charge >= 0.3 is 0 Å². The molecule has 1 aliphatic heterocycles. The quantitative estimate of drug-likeness (QED) is 0.702. The zero-order valence-corrected chi connectivity index (χ0v) is 14.8. The number of likely N-dealkylation sites (tertiary alicyclic amines) is 1. The monoisotopic (exact) mass is 295 g/mol. The van der Waals surface area contributed by atoms with Gasteiger partial charge in [0, 0.05) is 25.7 Å². The van der Waals surface area contributed by atoms with Crippen molar-refractivity contribution in [2.45, 2.75) is 84.8 Å². The third-order valence-electron chi connectivity index (χ3n) is 5.92. The van der Waals surface area contributed by atoms with Gasteiger partial charge in [-0.1, -0.05) is 26.7 Å². The van der Waals surface area contributed by atoms with Crippen LogP contribution in [0.3, 0.4) is 0 Å². The second-order valence-corrected chi connectivity index (χ2v) is 8.01. The van der Waals surface area contributed by atoms with Gasteiger partial charge in [-0.3, -0.25) is 0 Å². The Labute approximate surface area is 132 Å². The fourth-order valence-corrected chi connectivity index (χ4v) is 4.10. The van der Waals surface area contributed by atoms with Crippen LogP contribution in [0.25, 0.3) is 0 Å². The summed E-state index contributed by atoms with van der Waals surface area (Å²) in [6.45, 7) is 12.8. The molecule has 0 aromatic carbocycles. The summed E-state index contributed by atoms with van der Waals surface area (Å²) in [6.07, 6.45) is 10.1. The number of rotatable bonds is 6. The molecule has 1 saturated carbocycles. The fourth-order valence-electron chi connectivity index (χ4n) is 4.10. The summed E-state index contributed by atoms with van der Waals surface area (Å²) in [5.41, 5.74) is 0. The Balaban J connectivity index is 1.55. The summed E-state index contributed by atoms with van der Waals surface area (Å²) >= 11 is 0. The van der Waals surface area contributed by atoms with Crippen molar-refractivity contribution >= 4 is 0 Å². The van der Waals surface area contributed by atoms with Gasteiger partial charge in [-0.25, -0.2) is 0 Å². The molecule has 0 aromatic rings. The molecule has 0 amide bonds. The molecule has 0 spiro atoms. The van der Waals surface area contributed by atoms with Crippen molar-refractivity contribution < 1.29 is 4.74 Å². The van der Waals surface area contributed by atoms with E-state index in [1.54, 1.807) is 0 Å². The van der Waals surface area contributed by atoms with E-state index in [-0.39, 0.29) is 0 Å². The van der Waals surface area contributed by atoms with Gasteiger partial charge in [-0.2, -0.15) is 0 Å². The highest BCUT2D eigenvalue weighted by molar-refractivity contribution is 4.76. The molecule has 2 rings (SSSR count). The van der Waals surface area contributed by atoms with Crippen LogP contribution < -0.4 is 0 Å². The molecule has 0 N–H and O–H groups in total. The third-order valence-corrected chi connectivity index (χ3v) is 5.92. The molecule has 1 aliphatic carbocycles. The third kappa shape index (κ3) is 5.56. The van der Waals surface area contributed by atoms with Crippen LogP contribution in [0.5, 0.6) is 0 Å². The smallest absolute Gasteiger partial charge is 0.0599 e. The van der Waals surface area contributed by atoms with Crippen LogP contribution in [0.4, 0.5) is 0 Å². The lowest BCUT2D eigenvalue weighted by Crippen LogP contribution is -2.41. The highest BCUT2D eigenvalue weighted by atomic mass is 16.5. The van der Waals surface area contributed by atoms with Crippen molar-refractivity contribution in [3.8, 4) is 0 Å². The molecule has 0 bridgehead atoms. The van der Waals surface area contributed by atoms with E-state index in [9.17, 15) is 0 Å². The number of ether oxygens (including phenoxy) is 1. The minimum Gasteiger partial charge on any atom is -0.378 e. The highest BCUT2D eigenvalue weighted by Gasteiger charge is 2.24. The largest absolute Gasteiger partial charge is 0.378 e. The molecule has 2 nitrogen and oxygen atoms in total. The van der Waals surface area contributed by atoms with E-state index < -0.39 is 0 Å². The molecular weight excluding hydrogens is 258 g/mol. The maximum Gasteiger partial charge on any atom is 0.0599 e. The molecule has 2 fully saturated rings. The lowest BCUT2D eigenvalue weighted by Gasteiger charge is -2.35. The maximum absolute atomic E-state index is 6.16. The first-order chi connectivity index (χ1) is 10.1. The van der Waals surface area contributed by atoms with E-state index in [2.05, 4.69) is 32.6 Å². The average molecular weight is 296 g/mol. The minimum absolute atomic E-state index is 0.534. The van der Waals surface area contributed by atoms with Crippen LogP contribution in [0.2, 0.25) is 0 Å². The predicted octanol–water partition coefficient (Wildman–Crippen LogP) is 4.73. The first-order valence-electron chi connectivity index (χ1n) is 9.42. The van der Waals surface area contributed by atoms with Crippen LogP contribution in [0.15, 0.2) is 0 Å². The van der Waals surface area contributed by atoms with Crippen LogP contribution in [-0.4, -0.2) is 36.7 Å². The van der Waals surface area contributed by atoms with E-state index in [1.165, 1.54) is 58.0 Å². The molecule has 1 saturated heterocycles. The standard InChI is InChI=1S/C19H37NO/c1-15(2)18-7-5-17(6-8-18)11-14-21-19-9-12-20(13-10-19)16(3)4/h15-19H,5-14H2,1-4H3. The van der Waals surface area contributed by atoms with E-state index in [1.807, 2.05) is 0 Å². The molecule has 0 atom stereocenters. The van der Waals surface area contributed by atoms with Crippen LogP contribution in [-0.2, 0) is 4.74 Å². The lowest BCUT2D eigenvalue weighted by atomic mass is 9.76. The van der Waals surface area contributed by atoms with Crippen molar-refractivity contribution in [2.24, 2.45) is 17.8 Å². The first kappa shape index (κ1) is 17.3. The summed E-state index contributed by atoms with van der Waals surface area (Å²) in [5, 5.41) is 0. The van der Waals surface area contributed by atoms with Gasteiger partial charge < -0.3 is 9.64 Å². The van der Waals surface area contributed by atoms with Crippen molar-refractivity contribution in [1.29, 1.82) is 0 Å². The van der Waals surface area contributed by atoms with E-state index in [0.29, 0.717) is 12.1 Å². The molecular formula is C19H37NO. The number of piperidine rings is 1. The Morgan fingerprint density at radius 1 is 0.905 bits per heavy atom. The molecule has 124 valence electrons. The maximum atomic E-state index is 6.16. The minimum atomic E-state index is 0.534. The van der Waals surface area contributed by atoms with Gasteiger partial charge in [0.1, 0.15) is 0 Å². The Morgan fingerprint density at radius 3 is 2.05 bits per heavy atom.